The Morgan fingerprint density at radius 2 is 0.542 bits per heavy atom. The van der Waals surface area contributed by atoms with Crippen LogP contribution in [0.25, 0.3) is 187 Å². The zero-order valence-corrected chi connectivity index (χ0v) is 68.5. The Kier molecular flexibility index (Phi) is 19.6. The summed E-state index contributed by atoms with van der Waals surface area (Å²) >= 11 is 9.92. The third-order valence-electron chi connectivity index (χ3n) is 23.5. The molecule has 22 rings (SSSR count). The largest absolute Gasteiger partial charge is 0.488 e. The molecule has 2 aliphatic carbocycles. The number of hydrogen-bond donors (Lipinski definition) is 2. The van der Waals surface area contributed by atoms with E-state index in [9.17, 15) is 10.0 Å². The summed E-state index contributed by atoms with van der Waals surface area (Å²) in [6.07, 6.45) is 0. The lowest BCUT2D eigenvalue weighted by molar-refractivity contribution is 0.426. The number of fused-ring (bicyclic) bond motifs is 12. The smallest absolute Gasteiger partial charge is 0.423 e. The van der Waals surface area contributed by atoms with E-state index in [1.165, 1.54) is 96.0 Å². The number of nitrogens with zero attached hydrogens (tertiary/aromatic N) is 6. The zero-order valence-electron chi connectivity index (χ0n) is 66.1. The molecule has 4 aromatic heterocycles. The van der Waals surface area contributed by atoms with Crippen molar-refractivity contribution in [2.24, 2.45) is 0 Å². The first-order valence-electron chi connectivity index (χ1n) is 40.3. The van der Waals surface area contributed by atoms with Gasteiger partial charge in [0.2, 0.25) is 0 Å². The van der Waals surface area contributed by atoms with Crippen LogP contribution in [0.3, 0.4) is 0 Å². The molecule has 2 aliphatic rings. The summed E-state index contributed by atoms with van der Waals surface area (Å²) < 4.78 is 4.83. The number of benzene rings is 16. The molecule has 20 aromatic rings. The van der Waals surface area contributed by atoms with Gasteiger partial charge in [0, 0.05) is 89.6 Å². The van der Waals surface area contributed by atoms with Crippen molar-refractivity contribution in [3.63, 3.8) is 0 Å². The van der Waals surface area contributed by atoms with Gasteiger partial charge in [-0.15, -0.1) is 22.7 Å². The monoisotopic (exact) mass is 1600 g/mol. The molecule has 0 aliphatic heterocycles. The van der Waals surface area contributed by atoms with Gasteiger partial charge in [0.25, 0.3) is 0 Å². The minimum atomic E-state index is -1.44. The molecule has 0 saturated carbocycles. The van der Waals surface area contributed by atoms with Crippen molar-refractivity contribution < 1.29 is 10.0 Å². The highest BCUT2D eigenvalue weighted by atomic mass is 35.5. The average molecular weight is 1600 g/mol. The number of thiophene rings is 2. The molecule has 0 bridgehead atoms. The highest BCUT2D eigenvalue weighted by Crippen LogP contribution is 2.52. The molecule has 2 N–H and O–H groups in total. The topological polar surface area (TPSA) is 118 Å². The van der Waals surface area contributed by atoms with Gasteiger partial charge in [-0.25, -0.2) is 29.9 Å². The average Bonchev–Trinajstić information content (AvgIpc) is 1.62. The lowest BCUT2D eigenvalue weighted by Crippen LogP contribution is -2.29. The van der Waals surface area contributed by atoms with Crippen LogP contribution in [-0.2, 0) is 10.8 Å². The summed E-state index contributed by atoms with van der Waals surface area (Å²) in [5, 5.41) is 24.4. The highest BCUT2D eigenvalue weighted by Gasteiger charge is 2.37. The summed E-state index contributed by atoms with van der Waals surface area (Å²) in [6, 6.07) is 131. The van der Waals surface area contributed by atoms with Crippen LogP contribution in [0.2, 0.25) is 5.02 Å². The fourth-order valence-corrected chi connectivity index (χ4v) is 20.0. The molecular weight excluding hydrogens is 1520 g/mol. The van der Waals surface area contributed by atoms with Crippen LogP contribution in [0.5, 0.6) is 0 Å². The maximum absolute atomic E-state index is 9.41. The van der Waals surface area contributed by atoms with E-state index in [0.29, 0.717) is 45.4 Å². The van der Waals surface area contributed by atoms with Crippen LogP contribution in [0.1, 0.15) is 49.9 Å². The van der Waals surface area contributed by atoms with Crippen LogP contribution >= 0.6 is 34.3 Å². The molecule has 572 valence electrons. The van der Waals surface area contributed by atoms with Gasteiger partial charge < -0.3 is 10.0 Å². The number of hydrogen-bond acceptors (Lipinski definition) is 10. The van der Waals surface area contributed by atoms with Crippen LogP contribution in [0.4, 0.5) is 0 Å². The molecule has 0 fully saturated rings. The number of rotatable bonds is 12. The summed E-state index contributed by atoms with van der Waals surface area (Å²) in [6.45, 7) is 9.19. The lowest BCUT2D eigenvalue weighted by atomic mass is 9.78. The van der Waals surface area contributed by atoms with Crippen LogP contribution in [0, 0.1) is 0 Å². The molecule has 0 amide bonds. The van der Waals surface area contributed by atoms with Gasteiger partial charge in [-0.1, -0.05) is 355 Å². The van der Waals surface area contributed by atoms with Crippen molar-refractivity contribution in [1.29, 1.82) is 0 Å². The third-order valence-corrected chi connectivity index (χ3v) is 26.2. The first kappa shape index (κ1) is 75.0. The van der Waals surface area contributed by atoms with Gasteiger partial charge in [0.05, 0.1) is 0 Å². The van der Waals surface area contributed by atoms with Gasteiger partial charge in [0.1, 0.15) is 0 Å². The molecule has 8 nitrogen and oxygen atoms in total. The van der Waals surface area contributed by atoms with Crippen molar-refractivity contribution in [1.82, 2.24) is 29.9 Å². The normalized spacial score (nSPS) is 12.6. The minimum absolute atomic E-state index is 0.0317. The molecule has 120 heavy (non-hydrogen) atoms. The minimum Gasteiger partial charge on any atom is -0.423 e. The van der Waals surface area contributed by atoms with E-state index >= 15 is 0 Å². The second-order valence-electron chi connectivity index (χ2n) is 31.5. The molecule has 16 aromatic carbocycles. The quantitative estimate of drug-likeness (QED) is 0.116. The van der Waals surface area contributed by atoms with Crippen LogP contribution in [0.15, 0.2) is 376 Å². The van der Waals surface area contributed by atoms with Gasteiger partial charge in [-0.2, -0.15) is 0 Å². The maximum atomic E-state index is 9.41. The Balaban J connectivity index is 0.000000127. The first-order chi connectivity index (χ1) is 58.7. The SMILES string of the molecule is CC1(C)c2ccccc2-c2ccc(-c3cccc(-c4cccc(-c5nc(-c6ccccc6-c6ccccc6)nc(-c6cccc7c6sc6ccccc67)n5)c4)c3)cc21.CC1(C)c2ccccc2-c2ccc(-c3cccc(B(O)O)c3)cc21.Clc1cccc(-c2nc(-c3ccccc3-c3ccccc3)nc(-c3cccc4c3sc3ccccc34)n2)c1. The van der Waals surface area contributed by atoms with Gasteiger partial charge >= 0.3 is 7.12 Å². The highest BCUT2D eigenvalue weighted by molar-refractivity contribution is 7.26. The Morgan fingerprint density at radius 3 is 1.00 bits per heavy atom. The van der Waals surface area contributed by atoms with Crippen molar-refractivity contribution in [3.05, 3.63) is 403 Å². The Labute approximate surface area is 710 Å². The second kappa shape index (κ2) is 31.3. The molecule has 0 saturated heterocycles. The van der Waals surface area contributed by atoms with E-state index in [1.54, 1.807) is 28.7 Å². The number of halogens is 1. The fraction of sp³-hybridized carbons (Fsp3) is 0.0556. The Bertz CT molecular complexity index is 7390. The molecule has 0 unspecified atom stereocenters. The second-order valence-corrected chi connectivity index (χ2v) is 34.1. The molecule has 4 heterocycles. The summed E-state index contributed by atoms with van der Waals surface area (Å²) in [4.78, 5) is 30.8. The summed E-state index contributed by atoms with van der Waals surface area (Å²) in [7, 11) is -1.44. The van der Waals surface area contributed by atoms with Crippen molar-refractivity contribution in [2.45, 2.75) is 38.5 Å². The van der Waals surface area contributed by atoms with Crippen LogP contribution < -0.4 is 5.46 Å². The molecule has 0 atom stereocenters. The lowest BCUT2D eigenvalue weighted by Gasteiger charge is -2.22. The van der Waals surface area contributed by atoms with Crippen molar-refractivity contribution in [3.8, 4) is 146 Å². The predicted molar refractivity (Wildman–Crippen MR) is 502 cm³/mol. The molecule has 0 spiro atoms. The van der Waals surface area contributed by atoms with Gasteiger partial charge in [-0.05, 0) is 166 Å². The van der Waals surface area contributed by atoms with E-state index in [0.717, 1.165) is 77.9 Å². The summed E-state index contributed by atoms with van der Waals surface area (Å²) in [5.41, 5.74) is 28.0. The van der Waals surface area contributed by atoms with E-state index in [4.69, 9.17) is 41.5 Å². The fourth-order valence-electron chi connectivity index (χ4n) is 17.4. The maximum Gasteiger partial charge on any atom is 0.488 e. The predicted octanol–water partition coefficient (Wildman–Crippen LogP) is 27.4. The van der Waals surface area contributed by atoms with Gasteiger partial charge in [0.15, 0.2) is 34.9 Å². The van der Waals surface area contributed by atoms with Crippen molar-refractivity contribution in [2.75, 3.05) is 0 Å². The van der Waals surface area contributed by atoms with Crippen molar-refractivity contribution >= 4 is 87.2 Å². The molecule has 12 heteroatoms. The van der Waals surface area contributed by atoms with E-state index in [2.05, 4.69) is 319 Å². The van der Waals surface area contributed by atoms with Gasteiger partial charge in [-0.3, -0.25) is 0 Å². The van der Waals surface area contributed by atoms with E-state index < -0.39 is 7.12 Å². The molecular formula is C108H76BClN6O2S2. The van der Waals surface area contributed by atoms with E-state index in [-0.39, 0.29) is 10.8 Å². The third kappa shape index (κ3) is 14.0. The zero-order chi connectivity index (χ0) is 81.2. The molecule has 0 radical (unpaired) electrons. The standard InChI is InChI=1S/C54H37N3S.C33H20ClN3S.C21H19BO2/c1-54(2)47-27-10-8-22-41(47)42-30-29-38(33-48(42)54)36-18-12-17-35(31-36)37-19-13-20-39(32-37)51-55-52(45-24-7-6-21-40(45)34-15-4-3-5-16-34)57-53(56-51)46-26-14-25-44-43-23-9-11-28-49(43)58-50(44)46;34-23-13-8-12-22(20-23)31-35-32(27-16-5-4-14-24(27)21-10-2-1-3-11-21)37-33(36-31)28-18-9-17-26-25-15-6-7-19-29(25)38-30(26)28;1-21(2)19-9-4-3-8-17(19)18-11-10-15(13-20(18)21)14-6-5-7-16(12-14)22(23)24/h3-33H,1-2H3;1-20H;3-13,23-24H,1-2H3. The Hall–Kier alpha value is -13.7. The Morgan fingerprint density at radius 1 is 0.233 bits per heavy atom. The number of aromatic nitrogens is 6. The van der Waals surface area contributed by atoms with Crippen LogP contribution in [-0.4, -0.2) is 47.1 Å². The van der Waals surface area contributed by atoms with E-state index in [1.807, 2.05) is 78.9 Å². The summed E-state index contributed by atoms with van der Waals surface area (Å²) in [5.74, 6) is 3.81. The first-order valence-corrected chi connectivity index (χ1v) is 42.3.